The van der Waals surface area contributed by atoms with E-state index in [1.54, 1.807) is 12.4 Å². The van der Waals surface area contributed by atoms with Gasteiger partial charge >= 0.3 is 0 Å². The average Bonchev–Trinajstić information content (AvgIpc) is 2.50. The molecular weight excluding hydrogens is 304 g/mol. The van der Waals surface area contributed by atoms with E-state index in [9.17, 15) is 4.79 Å². The summed E-state index contributed by atoms with van der Waals surface area (Å²) in [4.78, 5) is 17.2. The van der Waals surface area contributed by atoms with Gasteiger partial charge in [-0.25, -0.2) is 0 Å². The zero-order chi connectivity index (χ0) is 15.2. The zero-order valence-corrected chi connectivity index (χ0v) is 13.5. The Bertz CT molecular complexity index is 589. The Balaban J connectivity index is 1.92. The summed E-state index contributed by atoms with van der Waals surface area (Å²) in [5.74, 6) is 0.0132. The van der Waals surface area contributed by atoms with Crippen molar-refractivity contribution in [2.24, 2.45) is 0 Å². The number of nitrogens with zero attached hydrogens (tertiary/aromatic N) is 1. The number of benzene rings is 1. The number of amides is 1. The van der Waals surface area contributed by atoms with Crippen LogP contribution in [0.25, 0.3) is 0 Å². The van der Waals surface area contributed by atoms with Gasteiger partial charge in [-0.05, 0) is 55.8 Å². The molecule has 2 rings (SSSR count). The first-order chi connectivity index (χ1) is 10.1. The maximum Gasteiger partial charge on any atom is 0.233 e. The van der Waals surface area contributed by atoms with Crippen LogP contribution in [0.1, 0.15) is 25.5 Å². The molecule has 0 bridgehead atoms. The fourth-order valence-corrected chi connectivity index (χ4v) is 2.84. The van der Waals surface area contributed by atoms with Crippen molar-refractivity contribution >= 4 is 29.3 Å². The van der Waals surface area contributed by atoms with Crippen LogP contribution in [0.5, 0.6) is 0 Å². The van der Waals surface area contributed by atoms with Crippen molar-refractivity contribution in [3.8, 4) is 0 Å². The second kappa shape index (κ2) is 7.48. The molecular formula is C16H17ClN2OS. The van der Waals surface area contributed by atoms with Crippen LogP contribution in [0.3, 0.4) is 0 Å². The summed E-state index contributed by atoms with van der Waals surface area (Å²) in [6.07, 6.45) is 3.45. The van der Waals surface area contributed by atoms with Crippen molar-refractivity contribution in [1.29, 1.82) is 0 Å². The van der Waals surface area contributed by atoms with Gasteiger partial charge in [0.05, 0.1) is 11.3 Å². The molecule has 0 aliphatic carbocycles. The number of aromatic nitrogens is 1. The number of hydrogen-bond donors (Lipinski definition) is 1. The highest BCUT2D eigenvalue weighted by atomic mass is 35.5. The molecule has 0 aliphatic heterocycles. The molecule has 0 aliphatic rings. The molecule has 2 unspecified atom stereocenters. The molecule has 1 aromatic carbocycles. The minimum Gasteiger partial charge on any atom is -0.349 e. The van der Waals surface area contributed by atoms with Crippen LogP contribution in [0.2, 0.25) is 5.02 Å². The molecule has 1 aromatic heterocycles. The van der Waals surface area contributed by atoms with E-state index in [-0.39, 0.29) is 17.2 Å². The van der Waals surface area contributed by atoms with Crippen LogP contribution in [0.4, 0.5) is 0 Å². The highest BCUT2D eigenvalue weighted by molar-refractivity contribution is 8.00. The van der Waals surface area contributed by atoms with E-state index >= 15 is 0 Å². The predicted octanol–water partition coefficient (Wildman–Crippen LogP) is 4.09. The van der Waals surface area contributed by atoms with Crippen molar-refractivity contribution in [1.82, 2.24) is 10.3 Å². The summed E-state index contributed by atoms with van der Waals surface area (Å²) < 4.78 is 0. The largest absolute Gasteiger partial charge is 0.349 e. The van der Waals surface area contributed by atoms with Crippen LogP contribution < -0.4 is 5.32 Å². The summed E-state index contributed by atoms with van der Waals surface area (Å²) >= 11 is 7.37. The van der Waals surface area contributed by atoms with Crippen molar-refractivity contribution in [3.05, 3.63) is 59.4 Å². The van der Waals surface area contributed by atoms with Crippen molar-refractivity contribution in [3.63, 3.8) is 0 Å². The first kappa shape index (κ1) is 15.9. The SMILES string of the molecule is CC(Sc1ccc(Cl)cc1)C(=O)NC(C)c1ccncc1. The lowest BCUT2D eigenvalue weighted by molar-refractivity contribution is -0.120. The van der Waals surface area contributed by atoms with Gasteiger partial charge in [0.25, 0.3) is 0 Å². The molecule has 0 saturated carbocycles. The minimum absolute atomic E-state index is 0.0132. The lowest BCUT2D eigenvalue weighted by atomic mass is 10.1. The summed E-state index contributed by atoms with van der Waals surface area (Å²) in [6.45, 7) is 3.86. The maximum atomic E-state index is 12.2. The number of nitrogens with one attached hydrogen (secondary N) is 1. The first-order valence-corrected chi connectivity index (χ1v) is 7.94. The zero-order valence-electron chi connectivity index (χ0n) is 11.9. The number of rotatable bonds is 5. The second-order valence-corrected chi connectivity index (χ2v) is 6.58. The summed E-state index contributed by atoms with van der Waals surface area (Å²) in [6, 6.07) is 11.3. The molecule has 0 fully saturated rings. The fourth-order valence-electron chi connectivity index (χ4n) is 1.84. The Morgan fingerprint density at radius 2 is 1.76 bits per heavy atom. The molecule has 0 saturated heterocycles. The van der Waals surface area contributed by atoms with E-state index < -0.39 is 0 Å². The van der Waals surface area contributed by atoms with Gasteiger partial charge in [-0.2, -0.15) is 0 Å². The normalized spacial score (nSPS) is 13.5. The minimum atomic E-state index is -0.171. The van der Waals surface area contributed by atoms with E-state index in [4.69, 9.17) is 11.6 Å². The lowest BCUT2D eigenvalue weighted by Gasteiger charge is -2.17. The van der Waals surface area contributed by atoms with Crippen LogP contribution in [-0.4, -0.2) is 16.1 Å². The molecule has 1 heterocycles. The molecule has 2 atom stereocenters. The van der Waals surface area contributed by atoms with Gasteiger partial charge in [0, 0.05) is 22.3 Å². The summed E-state index contributed by atoms with van der Waals surface area (Å²) in [5.41, 5.74) is 1.04. The van der Waals surface area contributed by atoms with E-state index in [1.165, 1.54) is 11.8 Å². The van der Waals surface area contributed by atoms with E-state index in [0.717, 1.165) is 10.5 Å². The quantitative estimate of drug-likeness (QED) is 0.844. The molecule has 21 heavy (non-hydrogen) atoms. The highest BCUT2D eigenvalue weighted by Gasteiger charge is 2.17. The number of hydrogen-bond acceptors (Lipinski definition) is 3. The number of pyridine rings is 1. The Morgan fingerprint density at radius 3 is 2.38 bits per heavy atom. The van der Waals surface area contributed by atoms with Crippen LogP contribution in [0.15, 0.2) is 53.7 Å². The molecule has 0 spiro atoms. The van der Waals surface area contributed by atoms with Gasteiger partial charge in [0.2, 0.25) is 5.91 Å². The third-order valence-corrected chi connectivity index (χ3v) is 4.42. The number of halogens is 1. The Labute approximate surface area is 134 Å². The van der Waals surface area contributed by atoms with Gasteiger partial charge < -0.3 is 5.32 Å². The molecule has 2 aromatic rings. The molecule has 3 nitrogen and oxygen atoms in total. The molecule has 1 N–H and O–H groups in total. The highest BCUT2D eigenvalue weighted by Crippen LogP contribution is 2.25. The predicted molar refractivity (Wildman–Crippen MR) is 87.6 cm³/mol. The Kier molecular flexibility index (Phi) is 5.65. The van der Waals surface area contributed by atoms with Crippen LogP contribution >= 0.6 is 23.4 Å². The third-order valence-electron chi connectivity index (χ3n) is 3.06. The first-order valence-electron chi connectivity index (χ1n) is 6.69. The van der Waals surface area contributed by atoms with Crippen molar-refractivity contribution in [2.45, 2.75) is 30.0 Å². The molecule has 1 amide bonds. The van der Waals surface area contributed by atoms with Gasteiger partial charge in [0.1, 0.15) is 0 Å². The fraction of sp³-hybridized carbons (Fsp3) is 0.250. The smallest absolute Gasteiger partial charge is 0.233 e. The molecule has 5 heteroatoms. The monoisotopic (exact) mass is 320 g/mol. The van der Waals surface area contributed by atoms with Crippen molar-refractivity contribution in [2.75, 3.05) is 0 Å². The van der Waals surface area contributed by atoms with Crippen LogP contribution in [0, 0.1) is 0 Å². The lowest BCUT2D eigenvalue weighted by Crippen LogP contribution is -2.33. The van der Waals surface area contributed by atoms with E-state index in [2.05, 4.69) is 10.3 Å². The summed E-state index contributed by atoms with van der Waals surface area (Å²) in [5, 5.41) is 3.54. The van der Waals surface area contributed by atoms with E-state index in [0.29, 0.717) is 5.02 Å². The average molecular weight is 321 g/mol. The topological polar surface area (TPSA) is 42.0 Å². The number of carbonyl (C=O) groups is 1. The van der Waals surface area contributed by atoms with Crippen LogP contribution in [-0.2, 0) is 4.79 Å². The van der Waals surface area contributed by atoms with Gasteiger partial charge in [0.15, 0.2) is 0 Å². The standard InChI is InChI=1S/C16H17ClN2OS/c1-11(13-7-9-18-10-8-13)19-16(20)12(2)21-15-5-3-14(17)4-6-15/h3-12H,1-2H3,(H,19,20). The van der Waals surface area contributed by atoms with Gasteiger partial charge in [-0.1, -0.05) is 11.6 Å². The molecule has 0 radical (unpaired) electrons. The van der Waals surface area contributed by atoms with Gasteiger partial charge in [-0.3, -0.25) is 9.78 Å². The van der Waals surface area contributed by atoms with Gasteiger partial charge in [-0.15, -0.1) is 11.8 Å². The number of thioether (sulfide) groups is 1. The maximum absolute atomic E-state index is 12.2. The Hall–Kier alpha value is -1.52. The third kappa shape index (κ3) is 4.76. The molecule has 110 valence electrons. The second-order valence-electron chi connectivity index (χ2n) is 4.72. The summed E-state index contributed by atoms with van der Waals surface area (Å²) in [7, 11) is 0. The Morgan fingerprint density at radius 1 is 1.14 bits per heavy atom. The van der Waals surface area contributed by atoms with E-state index in [1.807, 2.05) is 50.2 Å². The van der Waals surface area contributed by atoms with Crippen molar-refractivity contribution < 1.29 is 4.79 Å². The number of carbonyl (C=O) groups excluding carboxylic acids is 1.